The minimum absolute atomic E-state index is 0.121. The van der Waals surface area contributed by atoms with Gasteiger partial charge in [0.2, 0.25) is 0 Å². The zero-order valence-electron chi connectivity index (χ0n) is 14.1. The standard InChI is InChI=1S/C18H20N2O4/c1-19-12-11-13(20(2)18(19)22)7-5-8-14-15(17(21)24-4)9-6-10-16(14)23-3/h5-12H,1-4H3/b8-5+,13-7-. The summed E-state index contributed by atoms with van der Waals surface area (Å²) >= 11 is 0. The number of carbonyl (C=O) groups is 2. The summed E-state index contributed by atoms with van der Waals surface area (Å²) in [6, 6.07) is 5.05. The average molecular weight is 328 g/mol. The number of amides is 2. The van der Waals surface area contributed by atoms with E-state index in [0.29, 0.717) is 16.9 Å². The van der Waals surface area contributed by atoms with Crippen LogP contribution in [-0.2, 0) is 4.74 Å². The Labute approximate surface area is 141 Å². The Morgan fingerprint density at radius 2 is 1.96 bits per heavy atom. The van der Waals surface area contributed by atoms with Gasteiger partial charge in [-0.05, 0) is 24.3 Å². The van der Waals surface area contributed by atoms with E-state index >= 15 is 0 Å². The van der Waals surface area contributed by atoms with E-state index in [1.54, 1.807) is 63.8 Å². The van der Waals surface area contributed by atoms with Gasteiger partial charge in [0.1, 0.15) is 5.75 Å². The van der Waals surface area contributed by atoms with Gasteiger partial charge < -0.3 is 14.4 Å². The number of rotatable bonds is 4. The first-order chi connectivity index (χ1) is 11.5. The molecule has 0 aromatic heterocycles. The Kier molecular flexibility index (Phi) is 5.42. The largest absolute Gasteiger partial charge is 0.496 e. The minimum Gasteiger partial charge on any atom is -0.496 e. The molecule has 0 saturated carbocycles. The molecule has 0 spiro atoms. The van der Waals surface area contributed by atoms with E-state index in [-0.39, 0.29) is 6.03 Å². The summed E-state index contributed by atoms with van der Waals surface area (Å²) in [5, 5.41) is 0. The molecular weight excluding hydrogens is 308 g/mol. The molecule has 0 unspecified atom stereocenters. The van der Waals surface area contributed by atoms with Gasteiger partial charge in [0.25, 0.3) is 0 Å². The SMILES string of the molecule is COC(=O)c1cccc(OC)c1/C=C/C=C1/C=CN(C)C(=O)N1C. The first-order valence-electron chi connectivity index (χ1n) is 7.32. The number of methoxy groups -OCH3 is 2. The lowest BCUT2D eigenvalue weighted by molar-refractivity contribution is 0.0600. The fraction of sp³-hybridized carbons (Fsp3) is 0.222. The highest BCUT2D eigenvalue weighted by atomic mass is 16.5. The van der Waals surface area contributed by atoms with Crippen molar-refractivity contribution in [3.63, 3.8) is 0 Å². The third-order valence-corrected chi connectivity index (χ3v) is 3.67. The Bertz CT molecular complexity index is 735. The minimum atomic E-state index is -0.437. The maximum absolute atomic E-state index is 11.9. The summed E-state index contributed by atoms with van der Waals surface area (Å²) < 4.78 is 10.1. The Hall–Kier alpha value is -3.02. The second-order valence-corrected chi connectivity index (χ2v) is 5.13. The van der Waals surface area contributed by atoms with Crippen LogP contribution in [0.25, 0.3) is 6.08 Å². The van der Waals surface area contributed by atoms with Crippen LogP contribution in [0.4, 0.5) is 4.79 Å². The van der Waals surface area contributed by atoms with Crippen LogP contribution < -0.4 is 4.74 Å². The van der Waals surface area contributed by atoms with Gasteiger partial charge in [-0.25, -0.2) is 9.59 Å². The molecule has 0 radical (unpaired) electrons. The lowest BCUT2D eigenvalue weighted by atomic mass is 10.1. The normalized spacial score (nSPS) is 16.2. The predicted molar refractivity (Wildman–Crippen MR) is 91.5 cm³/mol. The average Bonchev–Trinajstić information content (AvgIpc) is 2.60. The van der Waals surface area contributed by atoms with Crippen molar-refractivity contribution < 1.29 is 19.1 Å². The molecule has 24 heavy (non-hydrogen) atoms. The molecule has 0 saturated heterocycles. The fourth-order valence-electron chi connectivity index (χ4n) is 2.30. The summed E-state index contributed by atoms with van der Waals surface area (Å²) in [5.74, 6) is 0.128. The fourth-order valence-corrected chi connectivity index (χ4v) is 2.30. The number of nitrogens with zero attached hydrogens (tertiary/aromatic N) is 2. The molecule has 2 amide bonds. The number of likely N-dealkylation sites (N-methyl/N-ethyl adjacent to an activating group) is 1. The van der Waals surface area contributed by atoms with Crippen molar-refractivity contribution in [3.05, 3.63) is 59.5 Å². The second-order valence-electron chi connectivity index (χ2n) is 5.13. The maximum atomic E-state index is 11.9. The first kappa shape index (κ1) is 17.3. The van der Waals surface area contributed by atoms with Crippen LogP contribution in [-0.4, -0.2) is 50.1 Å². The lowest BCUT2D eigenvalue weighted by Gasteiger charge is -2.27. The Balaban J connectivity index is 2.35. The Morgan fingerprint density at radius 3 is 2.62 bits per heavy atom. The molecule has 2 rings (SSSR count). The van der Waals surface area contributed by atoms with Crippen molar-refractivity contribution >= 4 is 18.1 Å². The molecule has 1 aromatic carbocycles. The van der Waals surface area contributed by atoms with Gasteiger partial charge >= 0.3 is 12.0 Å². The molecule has 0 atom stereocenters. The summed E-state index contributed by atoms with van der Waals surface area (Å²) in [4.78, 5) is 26.8. The predicted octanol–water partition coefficient (Wildman–Crippen LogP) is 2.89. The number of urea groups is 1. The molecule has 6 heteroatoms. The first-order valence-corrected chi connectivity index (χ1v) is 7.32. The molecular formula is C18H20N2O4. The molecule has 126 valence electrons. The highest BCUT2D eigenvalue weighted by Gasteiger charge is 2.18. The lowest BCUT2D eigenvalue weighted by Crippen LogP contribution is -2.37. The summed E-state index contributed by atoms with van der Waals surface area (Å²) in [6.07, 6.45) is 8.83. The molecule has 1 aromatic rings. The number of ether oxygens (including phenoxy) is 2. The number of esters is 1. The van der Waals surface area contributed by atoms with Gasteiger partial charge in [-0.15, -0.1) is 0 Å². The number of allylic oxidation sites excluding steroid dienone is 3. The van der Waals surface area contributed by atoms with E-state index in [9.17, 15) is 9.59 Å². The zero-order valence-corrected chi connectivity index (χ0v) is 14.1. The van der Waals surface area contributed by atoms with Crippen LogP contribution in [0.1, 0.15) is 15.9 Å². The van der Waals surface area contributed by atoms with Crippen LogP contribution in [0.2, 0.25) is 0 Å². The van der Waals surface area contributed by atoms with E-state index < -0.39 is 5.97 Å². The summed E-state index contributed by atoms with van der Waals surface area (Å²) in [6.45, 7) is 0. The number of hydrogen-bond donors (Lipinski definition) is 0. The summed E-state index contributed by atoms with van der Waals surface area (Å²) in [5.41, 5.74) is 1.77. The highest BCUT2D eigenvalue weighted by molar-refractivity contribution is 5.94. The van der Waals surface area contributed by atoms with Crippen molar-refractivity contribution in [2.45, 2.75) is 0 Å². The molecule has 0 bridgehead atoms. The monoisotopic (exact) mass is 328 g/mol. The molecule has 0 N–H and O–H groups in total. The van der Waals surface area contributed by atoms with Crippen LogP contribution in [0.3, 0.4) is 0 Å². The third-order valence-electron chi connectivity index (χ3n) is 3.67. The van der Waals surface area contributed by atoms with Crippen molar-refractivity contribution in [1.82, 2.24) is 9.80 Å². The molecule has 1 heterocycles. The Morgan fingerprint density at radius 1 is 1.21 bits per heavy atom. The van der Waals surface area contributed by atoms with E-state index in [1.165, 1.54) is 16.9 Å². The van der Waals surface area contributed by atoms with Crippen molar-refractivity contribution in [3.8, 4) is 5.75 Å². The van der Waals surface area contributed by atoms with E-state index in [2.05, 4.69) is 0 Å². The van der Waals surface area contributed by atoms with E-state index in [1.807, 2.05) is 6.08 Å². The van der Waals surface area contributed by atoms with E-state index in [0.717, 1.165) is 5.70 Å². The zero-order chi connectivity index (χ0) is 17.7. The van der Waals surface area contributed by atoms with Crippen molar-refractivity contribution in [1.29, 1.82) is 0 Å². The maximum Gasteiger partial charge on any atom is 0.338 e. The van der Waals surface area contributed by atoms with Gasteiger partial charge in [-0.1, -0.05) is 18.2 Å². The van der Waals surface area contributed by atoms with Crippen LogP contribution >= 0.6 is 0 Å². The van der Waals surface area contributed by atoms with Gasteiger partial charge in [-0.2, -0.15) is 0 Å². The molecule has 0 fully saturated rings. The van der Waals surface area contributed by atoms with Gasteiger partial charge in [-0.3, -0.25) is 4.90 Å². The van der Waals surface area contributed by atoms with Crippen molar-refractivity contribution in [2.24, 2.45) is 0 Å². The van der Waals surface area contributed by atoms with E-state index in [4.69, 9.17) is 9.47 Å². The third kappa shape index (κ3) is 3.48. The highest BCUT2D eigenvalue weighted by Crippen LogP contribution is 2.25. The number of carbonyl (C=O) groups excluding carboxylic acids is 2. The molecule has 1 aliphatic heterocycles. The smallest absolute Gasteiger partial charge is 0.338 e. The van der Waals surface area contributed by atoms with Crippen LogP contribution in [0.5, 0.6) is 5.75 Å². The molecule has 1 aliphatic rings. The van der Waals surface area contributed by atoms with Gasteiger partial charge in [0.05, 0.1) is 19.8 Å². The second kappa shape index (κ2) is 7.50. The molecule has 0 aliphatic carbocycles. The van der Waals surface area contributed by atoms with Crippen LogP contribution in [0.15, 0.2) is 48.3 Å². The van der Waals surface area contributed by atoms with Crippen LogP contribution in [0, 0.1) is 0 Å². The molecule has 6 nitrogen and oxygen atoms in total. The quantitative estimate of drug-likeness (QED) is 0.798. The number of hydrogen-bond acceptors (Lipinski definition) is 4. The van der Waals surface area contributed by atoms with Crippen molar-refractivity contribution in [2.75, 3.05) is 28.3 Å². The number of benzene rings is 1. The van der Waals surface area contributed by atoms with Gasteiger partial charge in [0, 0.05) is 31.6 Å². The summed E-state index contributed by atoms with van der Waals surface area (Å²) in [7, 11) is 6.27. The topological polar surface area (TPSA) is 59.1 Å². The van der Waals surface area contributed by atoms with Gasteiger partial charge in [0.15, 0.2) is 0 Å².